The van der Waals surface area contributed by atoms with Crippen molar-refractivity contribution in [2.24, 2.45) is 5.41 Å². The van der Waals surface area contributed by atoms with Gasteiger partial charge >= 0.3 is 17.9 Å². The number of esters is 2. The molecule has 0 spiro atoms. The SMILES string of the molecule is CC1=C(/C=C/C(C)=C/C=C/C(C)=C/C(=O)OC(=O)CCC(=O)O)C(C)(C)CCC1. The molecule has 1 aliphatic rings. The van der Waals surface area contributed by atoms with E-state index in [9.17, 15) is 14.4 Å². The molecule has 0 aromatic rings. The third kappa shape index (κ3) is 9.37. The molecule has 0 fully saturated rings. The summed E-state index contributed by atoms with van der Waals surface area (Å²) < 4.78 is 4.55. The van der Waals surface area contributed by atoms with Crippen LogP contribution in [0.2, 0.25) is 0 Å². The van der Waals surface area contributed by atoms with Crippen molar-refractivity contribution >= 4 is 17.9 Å². The Morgan fingerprint density at radius 2 is 1.79 bits per heavy atom. The van der Waals surface area contributed by atoms with Crippen LogP contribution in [-0.2, 0) is 19.1 Å². The second-order valence-corrected chi connectivity index (χ2v) is 8.11. The lowest BCUT2D eigenvalue weighted by Gasteiger charge is -2.32. The highest BCUT2D eigenvalue weighted by molar-refractivity contribution is 5.93. The molecule has 5 nitrogen and oxygen atoms in total. The van der Waals surface area contributed by atoms with E-state index in [0.29, 0.717) is 5.57 Å². The van der Waals surface area contributed by atoms with Gasteiger partial charge in [0.05, 0.1) is 12.8 Å². The molecule has 0 bridgehead atoms. The van der Waals surface area contributed by atoms with Gasteiger partial charge in [0.25, 0.3) is 0 Å². The summed E-state index contributed by atoms with van der Waals surface area (Å²) in [4.78, 5) is 33.4. The van der Waals surface area contributed by atoms with E-state index >= 15 is 0 Å². The molecule has 5 heteroatoms. The van der Waals surface area contributed by atoms with E-state index in [0.717, 1.165) is 12.0 Å². The van der Waals surface area contributed by atoms with Crippen molar-refractivity contribution in [3.8, 4) is 0 Å². The first-order chi connectivity index (χ1) is 13.5. The van der Waals surface area contributed by atoms with Gasteiger partial charge < -0.3 is 9.84 Å². The molecule has 29 heavy (non-hydrogen) atoms. The van der Waals surface area contributed by atoms with Gasteiger partial charge in [-0.2, -0.15) is 0 Å². The number of aliphatic carboxylic acids is 1. The molecule has 0 aromatic carbocycles. The lowest BCUT2D eigenvalue weighted by atomic mass is 9.72. The number of hydrogen-bond acceptors (Lipinski definition) is 4. The highest BCUT2D eigenvalue weighted by Crippen LogP contribution is 2.40. The topological polar surface area (TPSA) is 80.7 Å². The number of rotatable bonds is 8. The Hall–Kier alpha value is -2.69. The standard InChI is InChI=1S/C24H32O5/c1-17(11-12-20-19(3)10-7-15-24(20,4)5)8-6-9-18(2)16-23(28)29-22(27)14-13-21(25)26/h6,8-9,11-12,16H,7,10,13-15H2,1-5H3,(H,25,26)/b9-6+,12-11+,17-8+,18-16+. The first kappa shape index (κ1) is 24.3. The first-order valence-electron chi connectivity index (χ1n) is 9.89. The summed E-state index contributed by atoms with van der Waals surface area (Å²) in [5.74, 6) is -2.76. The van der Waals surface area contributed by atoms with E-state index in [-0.39, 0.29) is 18.3 Å². The number of carbonyl (C=O) groups excluding carboxylic acids is 2. The number of carboxylic acids is 1. The molecule has 1 N–H and O–H groups in total. The van der Waals surface area contributed by atoms with E-state index in [4.69, 9.17) is 5.11 Å². The highest BCUT2D eigenvalue weighted by atomic mass is 16.6. The summed E-state index contributed by atoms with van der Waals surface area (Å²) in [7, 11) is 0. The Morgan fingerprint density at radius 1 is 1.10 bits per heavy atom. The predicted octanol–water partition coefficient (Wildman–Crippen LogP) is 5.45. The van der Waals surface area contributed by atoms with Crippen molar-refractivity contribution in [2.75, 3.05) is 0 Å². The van der Waals surface area contributed by atoms with Crippen molar-refractivity contribution in [2.45, 2.75) is 66.7 Å². The van der Waals surface area contributed by atoms with Gasteiger partial charge in [-0.25, -0.2) is 4.79 Å². The average Bonchev–Trinajstić information content (AvgIpc) is 2.58. The molecule has 0 aromatic heterocycles. The summed E-state index contributed by atoms with van der Waals surface area (Å²) >= 11 is 0. The molecule has 0 heterocycles. The van der Waals surface area contributed by atoms with Crippen LogP contribution in [0.4, 0.5) is 0 Å². The Bertz CT molecular complexity index is 788. The van der Waals surface area contributed by atoms with E-state index in [1.165, 1.54) is 30.1 Å². The molecule has 0 radical (unpaired) electrons. The monoisotopic (exact) mass is 400 g/mol. The van der Waals surface area contributed by atoms with Crippen LogP contribution in [0.3, 0.4) is 0 Å². The minimum atomic E-state index is -1.11. The summed E-state index contributed by atoms with van der Waals surface area (Å²) in [5.41, 5.74) is 4.78. The van der Waals surface area contributed by atoms with Crippen LogP contribution in [0.1, 0.15) is 66.7 Å². The predicted molar refractivity (Wildman–Crippen MR) is 114 cm³/mol. The van der Waals surface area contributed by atoms with E-state index in [2.05, 4.69) is 37.7 Å². The molecule has 0 atom stereocenters. The van der Waals surface area contributed by atoms with Gasteiger partial charge in [0.1, 0.15) is 0 Å². The average molecular weight is 401 g/mol. The maximum absolute atomic E-state index is 11.6. The van der Waals surface area contributed by atoms with Gasteiger partial charge in [0, 0.05) is 6.08 Å². The van der Waals surface area contributed by atoms with E-state index < -0.39 is 17.9 Å². The van der Waals surface area contributed by atoms with E-state index in [1.54, 1.807) is 13.0 Å². The smallest absolute Gasteiger partial charge is 0.338 e. The zero-order valence-corrected chi connectivity index (χ0v) is 18.1. The molecular formula is C24H32O5. The quantitative estimate of drug-likeness (QED) is 0.253. The van der Waals surface area contributed by atoms with Crippen LogP contribution in [0.15, 0.2) is 58.7 Å². The number of carboxylic acid groups (broad SMARTS) is 1. The third-order valence-electron chi connectivity index (χ3n) is 4.88. The van der Waals surface area contributed by atoms with Gasteiger partial charge in [-0.3, -0.25) is 9.59 Å². The fraction of sp³-hybridized carbons (Fsp3) is 0.458. The van der Waals surface area contributed by atoms with Crippen LogP contribution < -0.4 is 0 Å². The van der Waals surface area contributed by atoms with Gasteiger partial charge in [0.15, 0.2) is 0 Å². The molecule has 0 saturated carbocycles. The van der Waals surface area contributed by atoms with Crippen LogP contribution in [0.5, 0.6) is 0 Å². The van der Waals surface area contributed by atoms with Crippen LogP contribution in [0, 0.1) is 5.41 Å². The molecule has 1 rings (SSSR count). The van der Waals surface area contributed by atoms with Crippen LogP contribution in [0.25, 0.3) is 0 Å². The molecule has 0 aliphatic heterocycles. The first-order valence-corrected chi connectivity index (χ1v) is 9.89. The maximum Gasteiger partial charge on any atom is 0.338 e. The number of carbonyl (C=O) groups is 3. The minimum absolute atomic E-state index is 0.205. The van der Waals surface area contributed by atoms with Gasteiger partial charge in [-0.1, -0.05) is 55.4 Å². The maximum atomic E-state index is 11.6. The summed E-state index contributed by atoms with van der Waals surface area (Å²) in [5, 5.41) is 8.51. The Morgan fingerprint density at radius 3 is 2.41 bits per heavy atom. The van der Waals surface area contributed by atoms with Crippen molar-refractivity contribution in [1.29, 1.82) is 0 Å². The normalized spacial score (nSPS) is 17.8. The zero-order chi connectivity index (χ0) is 22.0. The van der Waals surface area contributed by atoms with Crippen LogP contribution >= 0.6 is 0 Å². The zero-order valence-electron chi connectivity index (χ0n) is 18.1. The van der Waals surface area contributed by atoms with Crippen molar-refractivity contribution < 1.29 is 24.2 Å². The molecule has 0 unspecified atom stereocenters. The lowest BCUT2D eigenvalue weighted by molar-refractivity contribution is -0.157. The van der Waals surface area contributed by atoms with Gasteiger partial charge in [-0.15, -0.1) is 0 Å². The Labute approximate surface area is 173 Å². The second-order valence-electron chi connectivity index (χ2n) is 8.11. The summed E-state index contributed by atoms with van der Waals surface area (Å²) in [6, 6.07) is 0. The molecule has 0 saturated heterocycles. The lowest BCUT2D eigenvalue weighted by Crippen LogP contribution is -2.19. The fourth-order valence-corrected chi connectivity index (χ4v) is 3.27. The minimum Gasteiger partial charge on any atom is -0.481 e. The molecule has 0 amide bonds. The number of allylic oxidation sites excluding steroid dienone is 9. The highest BCUT2D eigenvalue weighted by Gasteiger charge is 2.26. The second kappa shape index (κ2) is 11.3. The summed E-state index contributed by atoms with van der Waals surface area (Å²) in [6.07, 6.45) is 13.9. The largest absolute Gasteiger partial charge is 0.481 e. The van der Waals surface area contributed by atoms with Crippen molar-refractivity contribution in [3.05, 3.63) is 58.7 Å². The fourth-order valence-electron chi connectivity index (χ4n) is 3.27. The van der Waals surface area contributed by atoms with Crippen molar-refractivity contribution in [3.63, 3.8) is 0 Å². The van der Waals surface area contributed by atoms with E-state index in [1.807, 2.05) is 19.1 Å². The molecule has 1 aliphatic carbocycles. The molecule has 158 valence electrons. The number of hydrogen-bond donors (Lipinski definition) is 1. The Balaban J connectivity index is 2.64. The Kier molecular flexibility index (Phi) is 9.53. The number of ether oxygens (including phenoxy) is 1. The van der Waals surface area contributed by atoms with Gasteiger partial charge in [0.2, 0.25) is 0 Å². The molecular weight excluding hydrogens is 368 g/mol. The van der Waals surface area contributed by atoms with Gasteiger partial charge in [-0.05, 0) is 56.6 Å². The summed E-state index contributed by atoms with van der Waals surface area (Å²) in [6.45, 7) is 10.5. The van der Waals surface area contributed by atoms with Crippen LogP contribution in [-0.4, -0.2) is 23.0 Å². The van der Waals surface area contributed by atoms with Crippen molar-refractivity contribution in [1.82, 2.24) is 0 Å². The third-order valence-corrected chi connectivity index (χ3v) is 4.88.